The molecule has 0 unspecified atom stereocenters. The lowest BCUT2D eigenvalue weighted by atomic mass is 9.98. The second-order valence-electron chi connectivity index (χ2n) is 6.16. The van der Waals surface area contributed by atoms with Crippen LogP contribution >= 0.6 is 34.9 Å². The first-order valence-corrected chi connectivity index (χ1v) is 12.1. The molecule has 0 saturated heterocycles. The molecule has 0 radical (unpaired) electrons. The van der Waals surface area contributed by atoms with Crippen LogP contribution in [0, 0.1) is 0 Å². The number of carbonyl (C=O) groups excluding carboxylic acids is 1. The zero-order valence-electron chi connectivity index (χ0n) is 15.6. The molecule has 2 aromatic heterocycles. The van der Waals surface area contributed by atoms with Gasteiger partial charge in [0.15, 0.2) is 5.78 Å². The number of thiophene rings is 1. The third kappa shape index (κ3) is 5.24. The molecule has 3 aromatic rings. The summed E-state index contributed by atoms with van der Waals surface area (Å²) in [7, 11) is 0. The Kier molecular flexibility index (Phi) is 7.56. The maximum atomic E-state index is 12.5. The normalized spacial score (nSPS) is 10.9. The van der Waals surface area contributed by atoms with Crippen molar-refractivity contribution >= 4 is 40.6 Å². The van der Waals surface area contributed by atoms with Gasteiger partial charge in [0.1, 0.15) is 5.03 Å². The summed E-state index contributed by atoms with van der Waals surface area (Å²) >= 11 is 5.27. The highest BCUT2D eigenvalue weighted by Gasteiger charge is 2.19. The third-order valence-corrected chi connectivity index (χ3v) is 7.29. The van der Waals surface area contributed by atoms with E-state index in [1.807, 2.05) is 36.0 Å². The molecule has 1 aromatic carbocycles. The van der Waals surface area contributed by atoms with E-state index in [4.69, 9.17) is 4.98 Å². The van der Waals surface area contributed by atoms with E-state index in [1.165, 1.54) is 12.8 Å². The van der Waals surface area contributed by atoms with Crippen LogP contribution in [0.4, 0.5) is 0 Å². The number of Topliss-reactive ketones (excluding diaryl/α,β-unsaturated/α-hetero) is 1. The van der Waals surface area contributed by atoms with Gasteiger partial charge in [-0.2, -0.15) is 11.8 Å². The van der Waals surface area contributed by atoms with E-state index in [9.17, 15) is 4.79 Å². The van der Waals surface area contributed by atoms with Crippen molar-refractivity contribution in [3.63, 3.8) is 0 Å². The number of hydrogen-bond acceptors (Lipinski definition) is 5. The van der Waals surface area contributed by atoms with Gasteiger partial charge >= 0.3 is 0 Å². The molecule has 0 atom stereocenters. The van der Waals surface area contributed by atoms with Crippen molar-refractivity contribution in [2.75, 3.05) is 10.8 Å². The molecular weight excluding hydrogens is 390 g/mol. The van der Waals surface area contributed by atoms with E-state index >= 15 is 0 Å². The number of unbranched alkanes of at least 4 members (excludes halogenated alkanes) is 1. The van der Waals surface area contributed by atoms with E-state index in [0.29, 0.717) is 0 Å². The van der Waals surface area contributed by atoms with Crippen molar-refractivity contribution in [1.82, 2.24) is 4.98 Å². The quantitative estimate of drug-likeness (QED) is 0.160. The van der Waals surface area contributed by atoms with Crippen LogP contribution in [0.3, 0.4) is 0 Å². The minimum absolute atomic E-state index is 0.0696. The Bertz CT molecular complexity index is 876. The van der Waals surface area contributed by atoms with Gasteiger partial charge in [-0.05, 0) is 47.7 Å². The van der Waals surface area contributed by atoms with E-state index in [-0.39, 0.29) is 5.78 Å². The van der Waals surface area contributed by atoms with Crippen LogP contribution in [0.25, 0.3) is 21.7 Å². The van der Waals surface area contributed by atoms with Gasteiger partial charge in [0, 0.05) is 5.08 Å². The first-order chi connectivity index (χ1) is 13.2. The van der Waals surface area contributed by atoms with Crippen LogP contribution in [0.5, 0.6) is 0 Å². The van der Waals surface area contributed by atoms with Crippen LogP contribution in [0.2, 0.25) is 0 Å². The molecule has 0 fully saturated rings. The molecule has 0 spiro atoms. The summed E-state index contributed by atoms with van der Waals surface area (Å²) in [5.41, 5.74) is 3.71. The summed E-state index contributed by atoms with van der Waals surface area (Å²) < 4.78 is 0. The van der Waals surface area contributed by atoms with Crippen molar-refractivity contribution in [2.24, 2.45) is 0 Å². The van der Waals surface area contributed by atoms with Gasteiger partial charge in [0.25, 0.3) is 0 Å². The van der Waals surface area contributed by atoms with Gasteiger partial charge in [-0.25, -0.2) is 4.98 Å². The lowest BCUT2D eigenvalue weighted by Gasteiger charge is -2.14. The number of ketones is 1. The molecule has 0 aliphatic rings. The maximum Gasteiger partial charge on any atom is 0.163 e. The number of aromatic nitrogens is 1. The van der Waals surface area contributed by atoms with Crippen LogP contribution in [-0.4, -0.2) is 21.6 Å². The standard InChI is InChI=1S/C22H23NOS3/c1-3-4-12-25-15-27-22-21(16(2)24)18(17-9-6-5-7-10-17)14-19(23-22)20-11-8-13-26-20/h5-11,13-14H,3-4,12,15H2,1-2H3. The van der Waals surface area contributed by atoms with Crippen molar-refractivity contribution in [3.8, 4) is 21.7 Å². The molecule has 0 N–H and O–H groups in total. The molecule has 3 rings (SSSR count). The fourth-order valence-corrected chi connectivity index (χ4v) is 5.76. The molecule has 140 valence electrons. The number of thioether (sulfide) groups is 2. The first-order valence-electron chi connectivity index (χ1n) is 9.06. The summed E-state index contributed by atoms with van der Waals surface area (Å²) in [6.45, 7) is 3.85. The zero-order chi connectivity index (χ0) is 19.1. The average Bonchev–Trinajstić information content (AvgIpc) is 3.22. The zero-order valence-corrected chi connectivity index (χ0v) is 18.1. The number of nitrogens with zero attached hydrogens (tertiary/aromatic N) is 1. The number of pyridine rings is 1. The minimum atomic E-state index is 0.0696. The highest BCUT2D eigenvalue weighted by atomic mass is 32.2. The smallest absolute Gasteiger partial charge is 0.163 e. The average molecular weight is 414 g/mol. The first kappa shape index (κ1) is 20.2. The van der Waals surface area contributed by atoms with E-state index in [1.54, 1.807) is 30.0 Å². The molecule has 27 heavy (non-hydrogen) atoms. The second kappa shape index (κ2) is 10.1. The van der Waals surface area contributed by atoms with Gasteiger partial charge in [-0.3, -0.25) is 4.79 Å². The van der Waals surface area contributed by atoms with Gasteiger partial charge in [-0.1, -0.05) is 61.5 Å². The van der Waals surface area contributed by atoms with Gasteiger partial charge in [-0.15, -0.1) is 11.3 Å². The van der Waals surface area contributed by atoms with Gasteiger partial charge in [0.2, 0.25) is 0 Å². The monoisotopic (exact) mass is 413 g/mol. The molecular formula is C22H23NOS3. The second-order valence-corrected chi connectivity index (χ2v) is 9.54. The topological polar surface area (TPSA) is 30.0 Å². The predicted molar refractivity (Wildman–Crippen MR) is 121 cm³/mol. The predicted octanol–water partition coefficient (Wildman–Crippen LogP) is 7.26. The summed E-state index contributed by atoms with van der Waals surface area (Å²) in [4.78, 5) is 18.5. The maximum absolute atomic E-state index is 12.5. The van der Waals surface area contributed by atoms with Crippen LogP contribution in [0.1, 0.15) is 37.0 Å². The Hall–Kier alpha value is -1.56. The lowest BCUT2D eigenvalue weighted by molar-refractivity contribution is 0.101. The minimum Gasteiger partial charge on any atom is -0.294 e. The molecule has 0 saturated carbocycles. The molecule has 0 bridgehead atoms. The van der Waals surface area contributed by atoms with Crippen molar-refractivity contribution in [3.05, 3.63) is 59.5 Å². The lowest BCUT2D eigenvalue weighted by Crippen LogP contribution is -2.03. The summed E-state index contributed by atoms with van der Waals surface area (Å²) in [5, 5.41) is 3.82. The van der Waals surface area contributed by atoms with Crippen LogP contribution in [0.15, 0.2) is 58.9 Å². The summed E-state index contributed by atoms with van der Waals surface area (Å²) in [6, 6.07) is 16.3. The Morgan fingerprint density at radius 2 is 1.96 bits per heavy atom. The largest absolute Gasteiger partial charge is 0.294 e. The molecule has 5 heteroatoms. The molecule has 2 nitrogen and oxygen atoms in total. The fourth-order valence-electron chi connectivity index (χ4n) is 2.77. The van der Waals surface area contributed by atoms with E-state index in [0.717, 1.165) is 43.1 Å². The third-order valence-electron chi connectivity index (χ3n) is 4.12. The number of carbonyl (C=O) groups is 1. The Balaban J connectivity index is 2.03. The Labute approximate surface area is 173 Å². The molecule has 0 aliphatic heterocycles. The van der Waals surface area contributed by atoms with E-state index in [2.05, 4.69) is 36.6 Å². The summed E-state index contributed by atoms with van der Waals surface area (Å²) in [6.07, 6.45) is 2.43. The summed E-state index contributed by atoms with van der Waals surface area (Å²) in [5.74, 6) is 1.22. The van der Waals surface area contributed by atoms with Crippen LogP contribution in [-0.2, 0) is 0 Å². The Morgan fingerprint density at radius 1 is 1.15 bits per heavy atom. The SMILES string of the molecule is CCCCSCSc1nc(-c2cccs2)cc(-c2ccccc2)c1C(C)=O. The highest BCUT2D eigenvalue weighted by Crippen LogP contribution is 2.37. The highest BCUT2D eigenvalue weighted by molar-refractivity contribution is 8.16. The molecule has 0 amide bonds. The number of rotatable bonds is 9. The van der Waals surface area contributed by atoms with Crippen molar-refractivity contribution in [2.45, 2.75) is 31.7 Å². The fraction of sp³-hybridized carbons (Fsp3) is 0.273. The molecule has 2 heterocycles. The number of benzene rings is 1. The van der Waals surface area contributed by atoms with Gasteiger partial charge < -0.3 is 0 Å². The van der Waals surface area contributed by atoms with E-state index < -0.39 is 0 Å². The Morgan fingerprint density at radius 3 is 2.63 bits per heavy atom. The van der Waals surface area contributed by atoms with Crippen molar-refractivity contribution < 1.29 is 4.79 Å². The van der Waals surface area contributed by atoms with Crippen molar-refractivity contribution in [1.29, 1.82) is 0 Å². The van der Waals surface area contributed by atoms with Gasteiger partial charge in [0.05, 0.1) is 16.1 Å². The number of hydrogen-bond donors (Lipinski definition) is 0. The van der Waals surface area contributed by atoms with Crippen LogP contribution < -0.4 is 0 Å². The molecule has 0 aliphatic carbocycles.